The number of aromatic nitrogens is 5. The van der Waals surface area contributed by atoms with Crippen LogP contribution in [-0.2, 0) is 17.7 Å². The second kappa shape index (κ2) is 9.27. The molecule has 4 aromatic rings. The monoisotopic (exact) mass is 457 g/mol. The normalized spacial score (nSPS) is 17.3. The molecule has 6 rings (SSSR count). The Morgan fingerprint density at radius 1 is 1.06 bits per heavy atom. The van der Waals surface area contributed by atoms with Crippen LogP contribution in [0.4, 0.5) is 11.8 Å². The highest BCUT2D eigenvalue weighted by molar-refractivity contribution is 6.06. The molecule has 1 fully saturated rings. The van der Waals surface area contributed by atoms with E-state index >= 15 is 0 Å². The van der Waals surface area contributed by atoms with E-state index in [1.54, 1.807) is 7.11 Å². The standard InChI is InChI=1S/C26H31N7O/c1-34-14-13-32-12-10-22-18(17-32)7-8-24(29-22)30-26-28-15-21-20-9-11-27-16-23(20)33(25(21)31-26)19-5-3-2-4-6-19/h7-9,11,15-16,19H,2-6,10,12-14,17H2,1H3,(H,28,29,30,31). The number of methoxy groups -OCH3 is 1. The highest BCUT2D eigenvalue weighted by Crippen LogP contribution is 2.36. The fourth-order valence-electron chi connectivity index (χ4n) is 5.51. The van der Waals surface area contributed by atoms with Crippen molar-refractivity contribution in [3.05, 3.63) is 48.0 Å². The van der Waals surface area contributed by atoms with E-state index in [1.165, 1.54) is 43.1 Å². The van der Waals surface area contributed by atoms with Gasteiger partial charge in [0.05, 0.1) is 18.3 Å². The Labute approximate surface area is 199 Å². The van der Waals surface area contributed by atoms with Crippen molar-refractivity contribution in [2.24, 2.45) is 0 Å². The zero-order valence-corrected chi connectivity index (χ0v) is 19.7. The van der Waals surface area contributed by atoms with Crippen molar-refractivity contribution in [1.29, 1.82) is 0 Å². The van der Waals surface area contributed by atoms with Crippen LogP contribution in [0.2, 0.25) is 0 Å². The topological polar surface area (TPSA) is 81.0 Å². The smallest absolute Gasteiger partial charge is 0.230 e. The van der Waals surface area contributed by atoms with Crippen LogP contribution < -0.4 is 5.32 Å². The number of anilines is 2. The summed E-state index contributed by atoms with van der Waals surface area (Å²) in [5.41, 5.74) is 4.58. The molecule has 34 heavy (non-hydrogen) atoms. The van der Waals surface area contributed by atoms with Crippen LogP contribution in [0.15, 0.2) is 36.8 Å². The Morgan fingerprint density at radius 2 is 1.97 bits per heavy atom. The summed E-state index contributed by atoms with van der Waals surface area (Å²) in [5.74, 6) is 1.38. The van der Waals surface area contributed by atoms with Crippen molar-refractivity contribution in [3.8, 4) is 0 Å². The fraction of sp³-hybridized carbons (Fsp3) is 0.462. The van der Waals surface area contributed by atoms with Gasteiger partial charge >= 0.3 is 0 Å². The summed E-state index contributed by atoms with van der Waals surface area (Å²) in [5, 5.41) is 5.63. The average Bonchev–Trinajstić information content (AvgIpc) is 3.21. The van der Waals surface area contributed by atoms with Gasteiger partial charge in [-0.15, -0.1) is 0 Å². The number of rotatable bonds is 6. The van der Waals surface area contributed by atoms with Gasteiger partial charge in [-0.3, -0.25) is 9.88 Å². The third kappa shape index (κ3) is 4.01. The molecule has 0 spiro atoms. The van der Waals surface area contributed by atoms with E-state index in [-0.39, 0.29) is 0 Å². The lowest BCUT2D eigenvalue weighted by atomic mass is 9.95. The Bertz CT molecular complexity index is 1310. The predicted octanol–water partition coefficient (Wildman–Crippen LogP) is 4.63. The molecule has 1 aliphatic carbocycles. The molecule has 0 saturated heterocycles. The third-order valence-corrected chi connectivity index (χ3v) is 7.27. The minimum absolute atomic E-state index is 0.462. The first kappa shape index (κ1) is 21.4. The molecular weight excluding hydrogens is 426 g/mol. The first-order valence-corrected chi connectivity index (χ1v) is 12.4. The van der Waals surface area contributed by atoms with Crippen molar-refractivity contribution in [2.75, 3.05) is 32.1 Å². The van der Waals surface area contributed by atoms with E-state index in [0.29, 0.717) is 12.0 Å². The number of pyridine rings is 2. The molecule has 0 amide bonds. The highest BCUT2D eigenvalue weighted by atomic mass is 16.5. The number of nitrogens with one attached hydrogen (secondary N) is 1. The van der Waals surface area contributed by atoms with Crippen LogP contribution in [0.3, 0.4) is 0 Å². The van der Waals surface area contributed by atoms with Crippen LogP contribution >= 0.6 is 0 Å². The van der Waals surface area contributed by atoms with Crippen LogP contribution in [0.25, 0.3) is 21.9 Å². The van der Waals surface area contributed by atoms with Gasteiger partial charge in [0.15, 0.2) is 0 Å². The van der Waals surface area contributed by atoms with Gasteiger partial charge in [-0.25, -0.2) is 9.97 Å². The Hall–Kier alpha value is -3.10. The molecule has 176 valence electrons. The fourth-order valence-corrected chi connectivity index (χ4v) is 5.51. The van der Waals surface area contributed by atoms with Crippen LogP contribution in [-0.4, -0.2) is 56.2 Å². The maximum absolute atomic E-state index is 5.23. The van der Waals surface area contributed by atoms with Gasteiger partial charge in [0.25, 0.3) is 0 Å². The molecule has 8 nitrogen and oxygen atoms in total. The minimum atomic E-state index is 0.462. The summed E-state index contributed by atoms with van der Waals surface area (Å²) in [6.07, 6.45) is 12.9. The molecule has 4 aromatic heterocycles. The van der Waals surface area contributed by atoms with E-state index < -0.39 is 0 Å². The van der Waals surface area contributed by atoms with Gasteiger partial charge in [-0.1, -0.05) is 25.3 Å². The third-order valence-electron chi connectivity index (χ3n) is 7.27. The summed E-state index contributed by atoms with van der Waals surface area (Å²) in [6, 6.07) is 6.75. The number of nitrogens with zero attached hydrogens (tertiary/aromatic N) is 6. The van der Waals surface area contributed by atoms with Crippen LogP contribution in [0.5, 0.6) is 0 Å². The average molecular weight is 458 g/mol. The molecule has 0 aromatic carbocycles. The maximum Gasteiger partial charge on any atom is 0.230 e. The van der Waals surface area contributed by atoms with Gasteiger partial charge in [0.2, 0.25) is 5.95 Å². The SMILES string of the molecule is COCCN1CCc2nc(Nc3ncc4c5ccncc5n(C5CCCCC5)c4n3)ccc2C1. The summed E-state index contributed by atoms with van der Waals surface area (Å²) >= 11 is 0. The molecule has 8 heteroatoms. The summed E-state index contributed by atoms with van der Waals surface area (Å²) in [6.45, 7) is 3.64. The number of fused-ring (bicyclic) bond motifs is 4. The molecule has 1 N–H and O–H groups in total. The summed E-state index contributed by atoms with van der Waals surface area (Å²) in [4.78, 5) is 21.4. The largest absolute Gasteiger partial charge is 0.383 e. The van der Waals surface area contributed by atoms with E-state index in [2.05, 4.69) is 36.9 Å². The zero-order chi connectivity index (χ0) is 22.9. The van der Waals surface area contributed by atoms with E-state index in [9.17, 15) is 0 Å². The Kier molecular flexibility index (Phi) is 5.84. The van der Waals surface area contributed by atoms with E-state index in [4.69, 9.17) is 14.7 Å². The van der Waals surface area contributed by atoms with Crippen molar-refractivity contribution < 1.29 is 4.74 Å². The second-order valence-electron chi connectivity index (χ2n) is 9.43. The molecule has 1 saturated carbocycles. The lowest BCUT2D eigenvalue weighted by Gasteiger charge is -2.28. The van der Waals surface area contributed by atoms with Crippen LogP contribution in [0.1, 0.15) is 49.4 Å². The summed E-state index contributed by atoms with van der Waals surface area (Å²) in [7, 11) is 1.75. The molecule has 5 heterocycles. The molecule has 0 unspecified atom stereocenters. The van der Waals surface area contributed by atoms with Gasteiger partial charge in [-0.2, -0.15) is 4.98 Å². The van der Waals surface area contributed by atoms with E-state index in [0.717, 1.165) is 60.7 Å². The number of hydrogen-bond donors (Lipinski definition) is 1. The van der Waals surface area contributed by atoms with Gasteiger partial charge in [0.1, 0.15) is 11.5 Å². The predicted molar refractivity (Wildman–Crippen MR) is 133 cm³/mol. The number of hydrogen-bond acceptors (Lipinski definition) is 7. The lowest BCUT2D eigenvalue weighted by Crippen LogP contribution is -2.33. The lowest BCUT2D eigenvalue weighted by molar-refractivity contribution is 0.140. The Balaban J connectivity index is 1.31. The minimum Gasteiger partial charge on any atom is -0.383 e. The summed E-state index contributed by atoms with van der Waals surface area (Å²) < 4.78 is 7.63. The molecular formula is C26H31N7O. The number of ether oxygens (including phenoxy) is 1. The second-order valence-corrected chi connectivity index (χ2v) is 9.43. The Morgan fingerprint density at radius 3 is 2.85 bits per heavy atom. The van der Waals surface area contributed by atoms with Crippen molar-refractivity contribution in [3.63, 3.8) is 0 Å². The maximum atomic E-state index is 5.23. The first-order valence-electron chi connectivity index (χ1n) is 12.4. The van der Waals surface area contributed by atoms with E-state index in [1.807, 2.05) is 24.7 Å². The zero-order valence-electron chi connectivity index (χ0n) is 19.7. The molecule has 0 radical (unpaired) electrons. The molecule has 0 atom stereocenters. The van der Waals surface area contributed by atoms with Crippen molar-refractivity contribution >= 4 is 33.7 Å². The van der Waals surface area contributed by atoms with Crippen molar-refractivity contribution in [2.45, 2.75) is 51.1 Å². The van der Waals surface area contributed by atoms with Crippen molar-refractivity contribution in [1.82, 2.24) is 29.4 Å². The molecule has 2 aliphatic rings. The van der Waals surface area contributed by atoms with Gasteiger partial charge in [0, 0.05) is 68.1 Å². The molecule has 1 aliphatic heterocycles. The first-order chi connectivity index (χ1) is 16.8. The van der Waals surface area contributed by atoms with Crippen LogP contribution in [0, 0.1) is 0 Å². The van der Waals surface area contributed by atoms with Gasteiger partial charge < -0.3 is 14.6 Å². The van der Waals surface area contributed by atoms with Gasteiger partial charge in [-0.05, 0) is 30.5 Å². The highest BCUT2D eigenvalue weighted by Gasteiger charge is 2.22. The quantitative estimate of drug-likeness (QED) is 0.452. The molecule has 0 bridgehead atoms.